The van der Waals surface area contributed by atoms with Crippen LogP contribution < -0.4 is 0 Å². The van der Waals surface area contributed by atoms with Crippen molar-refractivity contribution in [1.29, 1.82) is 0 Å². The standard InChI is InChI=1S/C45H27N3S/c1-2-10-32(11-3-1)45-47-39-16-8-5-14-36(39)42(48-45)30-22-18-28(19-23-30)29-20-24-31(25-21-29)43-37-27-26-34-33-12-6-9-17-40(33)49-44(34)41(37)35-13-4-7-15-38(35)46-43/h1-27H. The van der Waals surface area contributed by atoms with Gasteiger partial charge >= 0.3 is 0 Å². The highest BCUT2D eigenvalue weighted by molar-refractivity contribution is 7.26. The molecule has 4 heteroatoms. The highest BCUT2D eigenvalue weighted by atomic mass is 32.1. The van der Waals surface area contributed by atoms with E-state index in [1.807, 2.05) is 41.7 Å². The van der Waals surface area contributed by atoms with Gasteiger partial charge in [0.15, 0.2) is 5.82 Å². The Morgan fingerprint density at radius 3 is 1.57 bits per heavy atom. The Morgan fingerprint density at radius 2 is 0.857 bits per heavy atom. The largest absolute Gasteiger partial charge is 0.247 e. The first-order valence-electron chi connectivity index (χ1n) is 16.4. The fraction of sp³-hybridized carbons (Fsp3) is 0. The molecule has 7 aromatic carbocycles. The van der Waals surface area contributed by atoms with Gasteiger partial charge in [0, 0.05) is 58.4 Å². The first-order chi connectivity index (χ1) is 24.3. The minimum Gasteiger partial charge on any atom is -0.247 e. The second-order valence-corrected chi connectivity index (χ2v) is 13.4. The van der Waals surface area contributed by atoms with Crippen LogP contribution in [0.3, 0.4) is 0 Å². The lowest BCUT2D eigenvalue weighted by molar-refractivity contribution is 1.23. The third-order valence-electron chi connectivity index (χ3n) is 9.49. The first kappa shape index (κ1) is 27.8. The molecule has 0 bridgehead atoms. The zero-order valence-corrected chi connectivity index (χ0v) is 27.2. The molecule has 0 aliphatic rings. The molecule has 0 N–H and O–H groups in total. The molecule has 3 aromatic heterocycles. The van der Waals surface area contributed by atoms with Crippen LogP contribution in [0.5, 0.6) is 0 Å². The van der Waals surface area contributed by atoms with E-state index in [2.05, 4.69) is 133 Å². The van der Waals surface area contributed by atoms with Crippen LogP contribution in [0.15, 0.2) is 164 Å². The Labute approximate surface area is 286 Å². The Hall–Kier alpha value is -6.23. The third kappa shape index (κ3) is 4.61. The van der Waals surface area contributed by atoms with E-state index in [0.29, 0.717) is 0 Å². The summed E-state index contributed by atoms with van der Waals surface area (Å²) in [4.78, 5) is 15.2. The quantitative estimate of drug-likeness (QED) is 0.180. The van der Waals surface area contributed by atoms with Crippen LogP contribution in [0, 0.1) is 0 Å². The maximum Gasteiger partial charge on any atom is 0.160 e. The Balaban J connectivity index is 1.05. The molecule has 0 amide bonds. The van der Waals surface area contributed by atoms with E-state index < -0.39 is 0 Å². The van der Waals surface area contributed by atoms with Crippen molar-refractivity contribution in [1.82, 2.24) is 15.0 Å². The van der Waals surface area contributed by atoms with Crippen molar-refractivity contribution in [3.8, 4) is 45.0 Å². The van der Waals surface area contributed by atoms with Crippen LogP contribution in [0.2, 0.25) is 0 Å². The van der Waals surface area contributed by atoms with Gasteiger partial charge in [-0.15, -0.1) is 11.3 Å². The molecule has 0 saturated carbocycles. The summed E-state index contributed by atoms with van der Waals surface area (Å²) < 4.78 is 2.63. The highest BCUT2D eigenvalue weighted by Crippen LogP contribution is 2.43. The van der Waals surface area contributed by atoms with E-state index in [9.17, 15) is 0 Å². The summed E-state index contributed by atoms with van der Waals surface area (Å²) in [7, 11) is 0. The van der Waals surface area contributed by atoms with Crippen molar-refractivity contribution in [3.63, 3.8) is 0 Å². The second kappa shape index (κ2) is 11.2. The maximum atomic E-state index is 5.23. The van der Waals surface area contributed by atoms with Gasteiger partial charge in [-0.3, -0.25) is 0 Å². The van der Waals surface area contributed by atoms with E-state index in [1.54, 1.807) is 0 Å². The van der Waals surface area contributed by atoms with Crippen molar-refractivity contribution in [3.05, 3.63) is 164 Å². The summed E-state index contributed by atoms with van der Waals surface area (Å²) in [5, 5.41) is 7.32. The lowest BCUT2D eigenvalue weighted by atomic mass is 9.96. The molecular weight excluding hydrogens is 615 g/mol. The fourth-order valence-corrected chi connectivity index (χ4v) is 8.36. The molecule has 3 nitrogen and oxygen atoms in total. The molecule has 0 unspecified atom stereocenters. The average Bonchev–Trinajstić information content (AvgIpc) is 3.56. The SMILES string of the molecule is c1ccc(-c2nc(-c3ccc(-c4ccc(-c5nc6ccccc6c6c5ccc5c7ccccc7sc56)cc4)cc3)c3ccccc3n2)cc1. The van der Waals surface area contributed by atoms with Gasteiger partial charge in [-0.05, 0) is 29.3 Å². The molecule has 228 valence electrons. The molecule has 10 aromatic rings. The van der Waals surface area contributed by atoms with E-state index >= 15 is 0 Å². The molecule has 10 rings (SSSR count). The summed E-state index contributed by atoms with van der Waals surface area (Å²) in [6.45, 7) is 0. The van der Waals surface area contributed by atoms with Gasteiger partial charge in [-0.25, -0.2) is 15.0 Å². The van der Waals surface area contributed by atoms with Crippen LogP contribution in [0.4, 0.5) is 0 Å². The molecule has 0 spiro atoms. The minimum absolute atomic E-state index is 0.733. The molecule has 0 aliphatic carbocycles. The van der Waals surface area contributed by atoms with Gasteiger partial charge < -0.3 is 0 Å². The third-order valence-corrected chi connectivity index (χ3v) is 10.7. The van der Waals surface area contributed by atoms with Gasteiger partial charge in [-0.1, -0.05) is 146 Å². The van der Waals surface area contributed by atoms with Crippen molar-refractivity contribution < 1.29 is 0 Å². The molecule has 0 atom stereocenters. The van der Waals surface area contributed by atoms with Crippen LogP contribution in [0.1, 0.15) is 0 Å². The molecule has 0 radical (unpaired) electrons. The average molecular weight is 642 g/mol. The second-order valence-electron chi connectivity index (χ2n) is 12.4. The van der Waals surface area contributed by atoms with Crippen molar-refractivity contribution in [2.75, 3.05) is 0 Å². The number of rotatable bonds is 4. The zero-order valence-electron chi connectivity index (χ0n) is 26.3. The van der Waals surface area contributed by atoms with Crippen LogP contribution >= 0.6 is 11.3 Å². The van der Waals surface area contributed by atoms with E-state index in [4.69, 9.17) is 15.0 Å². The fourth-order valence-electron chi connectivity index (χ4n) is 7.09. The normalized spacial score (nSPS) is 11.7. The number of fused-ring (bicyclic) bond motifs is 8. The van der Waals surface area contributed by atoms with Crippen LogP contribution in [0.25, 0.3) is 97.8 Å². The Bertz CT molecular complexity index is 2860. The number of benzene rings is 7. The number of nitrogens with zero attached hydrogens (tertiary/aromatic N) is 3. The molecule has 0 fully saturated rings. The minimum atomic E-state index is 0.733. The molecule has 0 aliphatic heterocycles. The van der Waals surface area contributed by atoms with Gasteiger partial charge in [0.25, 0.3) is 0 Å². The van der Waals surface area contributed by atoms with E-state index in [-0.39, 0.29) is 0 Å². The Kier molecular flexibility index (Phi) is 6.36. The van der Waals surface area contributed by atoms with E-state index in [1.165, 1.54) is 36.3 Å². The van der Waals surface area contributed by atoms with Crippen molar-refractivity contribution >= 4 is 64.1 Å². The summed E-state index contributed by atoms with van der Waals surface area (Å²) >= 11 is 1.87. The predicted octanol–water partition coefficient (Wildman–Crippen LogP) is 12.4. The smallest absolute Gasteiger partial charge is 0.160 e. The van der Waals surface area contributed by atoms with Crippen molar-refractivity contribution in [2.24, 2.45) is 0 Å². The Morgan fingerprint density at radius 1 is 0.327 bits per heavy atom. The van der Waals surface area contributed by atoms with Crippen LogP contribution in [-0.4, -0.2) is 15.0 Å². The summed E-state index contributed by atoms with van der Waals surface area (Å²) in [6, 6.07) is 57.7. The topological polar surface area (TPSA) is 38.7 Å². The summed E-state index contributed by atoms with van der Waals surface area (Å²) in [5.74, 6) is 0.733. The molecule has 0 saturated heterocycles. The van der Waals surface area contributed by atoms with Crippen molar-refractivity contribution in [2.45, 2.75) is 0 Å². The number of para-hydroxylation sites is 2. The monoisotopic (exact) mass is 641 g/mol. The predicted molar refractivity (Wildman–Crippen MR) is 207 cm³/mol. The van der Waals surface area contributed by atoms with Crippen LogP contribution in [-0.2, 0) is 0 Å². The van der Waals surface area contributed by atoms with E-state index in [0.717, 1.165) is 61.4 Å². The molecule has 49 heavy (non-hydrogen) atoms. The number of thiophene rings is 1. The summed E-state index contributed by atoms with van der Waals surface area (Å²) in [5.41, 5.74) is 9.40. The lowest BCUT2D eigenvalue weighted by Gasteiger charge is -2.12. The van der Waals surface area contributed by atoms with Gasteiger partial charge in [-0.2, -0.15) is 0 Å². The zero-order chi connectivity index (χ0) is 32.3. The number of hydrogen-bond acceptors (Lipinski definition) is 4. The molecular formula is C45H27N3S. The maximum absolute atomic E-state index is 5.23. The lowest BCUT2D eigenvalue weighted by Crippen LogP contribution is -1.95. The van der Waals surface area contributed by atoms with Gasteiger partial charge in [0.05, 0.1) is 22.4 Å². The first-order valence-corrected chi connectivity index (χ1v) is 17.3. The number of aromatic nitrogens is 3. The van der Waals surface area contributed by atoms with Gasteiger partial charge in [0.1, 0.15) is 0 Å². The number of hydrogen-bond donors (Lipinski definition) is 0. The summed E-state index contributed by atoms with van der Waals surface area (Å²) in [6.07, 6.45) is 0. The highest BCUT2D eigenvalue weighted by Gasteiger charge is 2.16. The van der Waals surface area contributed by atoms with Gasteiger partial charge in [0.2, 0.25) is 0 Å². The number of pyridine rings is 1. The molecule has 3 heterocycles.